The second-order valence-corrected chi connectivity index (χ2v) is 5.41. The molecular weight excluding hydrogens is 202 g/mol. The van der Waals surface area contributed by atoms with Gasteiger partial charge >= 0.3 is 0 Å². The average molecular weight is 231 g/mol. The normalized spacial score (nSPS) is 15.4. The average Bonchev–Trinajstić information content (AvgIpc) is 2.14. The number of rotatable bonds is 10. The number of nitrogens with one attached hydrogen (secondary N) is 1. The molecule has 0 fully saturated rings. The highest BCUT2D eigenvalue weighted by atomic mass is 16.3. The molecule has 98 valence electrons. The van der Waals surface area contributed by atoms with Gasteiger partial charge in [0.25, 0.3) is 0 Å². The Bertz CT molecular complexity index is 158. The molecule has 1 atom stereocenters. The van der Waals surface area contributed by atoms with Crippen LogP contribution in [0.15, 0.2) is 0 Å². The molecule has 1 unspecified atom stereocenters. The van der Waals surface area contributed by atoms with Gasteiger partial charge in [0.05, 0.1) is 5.60 Å². The third-order valence-electron chi connectivity index (χ3n) is 2.62. The van der Waals surface area contributed by atoms with Crippen molar-refractivity contribution in [3.05, 3.63) is 0 Å². The van der Waals surface area contributed by atoms with Gasteiger partial charge in [0.15, 0.2) is 0 Å². The van der Waals surface area contributed by atoms with Crippen LogP contribution in [0.2, 0.25) is 0 Å². The van der Waals surface area contributed by atoms with Crippen LogP contribution in [-0.4, -0.2) is 35.5 Å². The van der Waals surface area contributed by atoms with Gasteiger partial charge in [-0.2, -0.15) is 0 Å². The van der Waals surface area contributed by atoms with E-state index in [4.69, 9.17) is 5.11 Å². The van der Waals surface area contributed by atoms with E-state index in [0.717, 1.165) is 38.6 Å². The summed E-state index contributed by atoms with van der Waals surface area (Å²) in [5.41, 5.74) is -0.584. The Kier molecular flexibility index (Phi) is 8.90. The number of hydrogen-bond acceptors (Lipinski definition) is 3. The number of aliphatic hydroxyl groups excluding tert-OH is 1. The lowest BCUT2D eigenvalue weighted by molar-refractivity contribution is 0.0387. The standard InChI is InChI=1S/C13H29NO2/c1-12(2)10-13(3,16)11-14-8-6-4-5-7-9-15/h12,14-16H,4-11H2,1-3H3. The van der Waals surface area contributed by atoms with Crippen molar-refractivity contribution >= 4 is 0 Å². The summed E-state index contributed by atoms with van der Waals surface area (Å²) < 4.78 is 0. The summed E-state index contributed by atoms with van der Waals surface area (Å²) in [6.07, 6.45) is 5.12. The van der Waals surface area contributed by atoms with Gasteiger partial charge in [0.2, 0.25) is 0 Å². The van der Waals surface area contributed by atoms with Gasteiger partial charge in [-0.3, -0.25) is 0 Å². The molecule has 0 spiro atoms. The maximum absolute atomic E-state index is 10.0. The summed E-state index contributed by atoms with van der Waals surface area (Å²) >= 11 is 0. The van der Waals surface area contributed by atoms with Crippen LogP contribution < -0.4 is 5.32 Å². The predicted molar refractivity (Wildman–Crippen MR) is 68.5 cm³/mol. The largest absolute Gasteiger partial charge is 0.396 e. The van der Waals surface area contributed by atoms with E-state index in [9.17, 15) is 5.11 Å². The second-order valence-electron chi connectivity index (χ2n) is 5.41. The van der Waals surface area contributed by atoms with Crippen molar-refractivity contribution in [2.24, 2.45) is 5.92 Å². The summed E-state index contributed by atoms with van der Waals surface area (Å²) in [5, 5.41) is 21.9. The van der Waals surface area contributed by atoms with Crippen LogP contribution >= 0.6 is 0 Å². The highest BCUT2D eigenvalue weighted by Crippen LogP contribution is 2.14. The van der Waals surface area contributed by atoms with Crippen molar-refractivity contribution in [1.29, 1.82) is 0 Å². The minimum atomic E-state index is -0.584. The highest BCUT2D eigenvalue weighted by Gasteiger charge is 2.20. The van der Waals surface area contributed by atoms with Crippen LogP contribution in [0.3, 0.4) is 0 Å². The Balaban J connectivity index is 3.36. The van der Waals surface area contributed by atoms with E-state index in [1.165, 1.54) is 0 Å². The predicted octanol–water partition coefficient (Wildman–Crippen LogP) is 1.93. The van der Waals surface area contributed by atoms with Crippen molar-refractivity contribution in [2.45, 2.75) is 58.5 Å². The van der Waals surface area contributed by atoms with E-state index < -0.39 is 5.60 Å². The lowest BCUT2D eigenvalue weighted by atomic mass is 9.94. The lowest BCUT2D eigenvalue weighted by Crippen LogP contribution is -2.39. The molecule has 3 nitrogen and oxygen atoms in total. The molecule has 0 aliphatic rings. The number of hydrogen-bond donors (Lipinski definition) is 3. The molecule has 0 saturated heterocycles. The monoisotopic (exact) mass is 231 g/mol. The van der Waals surface area contributed by atoms with Gasteiger partial charge in [0.1, 0.15) is 0 Å². The maximum Gasteiger partial charge on any atom is 0.0746 e. The second kappa shape index (κ2) is 8.97. The summed E-state index contributed by atoms with van der Waals surface area (Å²) in [4.78, 5) is 0. The highest BCUT2D eigenvalue weighted by molar-refractivity contribution is 4.76. The van der Waals surface area contributed by atoms with Gasteiger partial charge < -0.3 is 15.5 Å². The van der Waals surface area contributed by atoms with Crippen LogP contribution in [0, 0.1) is 5.92 Å². The molecule has 0 bridgehead atoms. The van der Waals surface area contributed by atoms with E-state index >= 15 is 0 Å². The Labute approximate surface area is 100 Å². The van der Waals surface area contributed by atoms with Crippen molar-refractivity contribution < 1.29 is 10.2 Å². The van der Waals surface area contributed by atoms with Gasteiger partial charge in [-0.1, -0.05) is 26.7 Å². The zero-order valence-corrected chi connectivity index (χ0v) is 11.1. The molecule has 0 aromatic carbocycles. The topological polar surface area (TPSA) is 52.5 Å². The Hall–Kier alpha value is -0.120. The molecule has 16 heavy (non-hydrogen) atoms. The van der Waals surface area contributed by atoms with Crippen LogP contribution in [0.1, 0.15) is 52.9 Å². The van der Waals surface area contributed by atoms with E-state index in [2.05, 4.69) is 19.2 Å². The number of unbranched alkanes of at least 4 members (excludes halogenated alkanes) is 3. The first-order chi connectivity index (χ1) is 7.48. The zero-order valence-electron chi connectivity index (χ0n) is 11.1. The smallest absolute Gasteiger partial charge is 0.0746 e. The van der Waals surface area contributed by atoms with Gasteiger partial charge in [0, 0.05) is 13.2 Å². The minimum Gasteiger partial charge on any atom is -0.396 e. The van der Waals surface area contributed by atoms with Gasteiger partial charge in [-0.15, -0.1) is 0 Å². The van der Waals surface area contributed by atoms with E-state index in [-0.39, 0.29) is 0 Å². The first kappa shape index (κ1) is 15.9. The fourth-order valence-corrected chi connectivity index (χ4v) is 2.02. The van der Waals surface area contributed by atoms with Gasteiger partial charge in [-0.25, -0.2) is 0 Å². The van der Waals surface area contributed by atoms with Crippen molar-refractivity contribution in [3.8, 4) is 0 Å². The molecule has 3 N–H and O–H groups in total. The zero-order chi connectivity index (χ0) is 12.4. The summed E-state index contributed by atoms with van der Waals surface area (Å²) in [6, 6.07) is 0. The van der Waals surface area contributed by atoms with Gasteiger partial charge in [-0.05, 0) is 38.6 Å². The molecule has 0 aliphatic heterocycles. The number of aliphatic hydroxyl groups is 2. The Morgan fingerprint density at radius 3 is 2.31 bits per heavy atom. The fourth-order valence-electron chi connectivity index (χ4n) is 2.02. The molecule has 0 aromatic heterocycles. The molecule has 0 rings (SSSR count). The van der Waals surface area contributed by atoms with E-state index in [1.807, 2.05) is 6.92 Å². The first-order valence-corrected chi connectivity index (χ1v) is 6.52. The molecule has 3 heteroatoms. The molecular formula is C13H29NO2. The molecule has 0 aromatic rings. The van der Waals surface area contributed by atoms with Crippen molar-refractivity contribution in [3.63, 3.8) is 0 Å². The third kappa shape index (κ3) is 10.4. The molecule has 0 saturated carbocycles. The van der Waals surface area contributed by atoms with E-state index in [0.29, 0.717) is 19.1 Å². The molecule has 0 heterocycles. The molecule has 0 aliphatic carbocycles. The minimum absolute atomic E-state index is 0.302. The summed E-state index contributed by atoms with van der Waals surface area (Å²) in [7, 11) is 0. The van der Waals surface area contributed by atoms with Crippen LogP contribution in [0.5, 0.6) is 0 Å². The SMILES string of the molecule is CC(C)CC(C)(O)CNCCCCCCO. The summed E-state index contributed by atoms with van der Waals surface area (Å²) in [6.45, 7) is 8.08. The van der Waals surface area contributed by atoms with Crippen LogP contribution in [-0.2, 0) is 0 Å². The van der Waals surface area contributed by atoms with Crippen molar-refractivity contribution in [2.75, 3.05) is 19.7 Å². The molecule has 0 amide bonds. The third-order valence-corrected chi connectivity index (χ3v) is 2.62. The van der Waals surface area contributed by atoms with Crippen LogP contribution in [0.25, 0.3) is 0 Å². The first-order valence-electron chi connectivity index (χ1n) is 6.52. The Morgan fingerprint density at radius 1 is 1.12 bits per heavy atom. The molecule has 0 radical (unpaired) electrons. The fraction of sp³-hybridized carbons (Fsp3) is 1.00. The summed E-state index contributed by atoms with van der Waals surface area (Å²) in [5.74, 6) is 0.529. The Morgan fingerprint density at radius 2 is 1.75 bits per heavy atom. The quantitative estimate of drug-likeness (QED) is 0.504. The van der Waals surface area contributed by atoms with Crippen molar-refractivity contribution in [1.82, 2.24) is 5.32 Å². The van der Waals surface area contributed by atoms with Crippen LogP contribution in [0.4, 0.5) is 0 Å². The maximum atomic E-state index is 10.0. The van der Waals surface area contributed by atoms with E-state index in [1.54, 1.807) is 0 Å². The lowest BCUT2D eigenvalue weighted by Gasteiger charge is -2.25.